The van der Waals surface area contributed by atoms with Crippen molar-refractivity contribution in [3.05, 3.63) is 0 Å². The Labute approximate surface area is 87.6 Å². The van der Waals surface area contributed by atoms with Crippen LogP contribution in [0.1, 0.15) is 25.7 Å². The van der Waals surface area contributed by atoms with Gasteiger partial charge in [0.25, 0.3) is 0 Å². The number of hydrogen-bond acceptors (Lipinski definition) is 3. The molecule has 78 valence electrons. The van der Waals surface area contributed by atoms with Crippen LogP contribution in [0.25, 0.3) is 0 Å². The fourth-order valence-corrected chi connectivity index (χ4v) is 3.68. The van der Waals surface area contributed by atoms with E-state index in [1.807, 2.05) is 0 Å². The van der Waals surface area contributed by atoms with E-state index in [9.17, 15) is 14.9 Å². The van der Waals surface area contributed by atoms with Gasteiger partial charge < -0.3 is 0 Å². The number of carbonyl (C=O) groups excluding carboxylic acids is 2. The highest BCUT2D eigenvalue weighted by Gasteiger charge is 2.62. The number of imide groups is 1. The Morgan fingerprint density at radius 3 is 2.53 bits per heavy atom. The second-order valence-electron chi connectivity index (χ2n) is 4.96. The van der Waals surface area contributed by atoms with Gasteiger partial charge in [0.15, 0.2) is 0 Å². The molecule has 4 heteroatoms. The summed E-state index contributed by atoms with van der Waals surface area (Å²) in [6, 6.07) is 2.31. The first kappa shape index (κ1) is 8.90. The largest absolute Gasteiger partial charge is 0.296 e. The van der Waals surface area contributed by atoms with Crippen LogP contribution in [0.5, 0.6) is 0 Å². The highest BCUT2D eigenvalue weighted by molar-refractivity contribution is 6.06. The Balaban J connectivity index is 2.10. The van der Waals surface area contributed by atoms with Crippen molar-refractivity contribution in [2.24, 2.45) is 23.2 Å². The normalized spacial score (nSPS) is 47.3. The maximum Gasteiger partial charge on any atom is 0.232 e. The molecule has 1 N–H and O–H groups in total. The quantitative estimate of drug-likeness (QED) is 0.587. The van der Waals surface area contributed by atoms with E-state index in [0.717, 1.165) is 25.7 Å². The molecule has 0 aromatic carbocycles. The smallest absolute Gasteiger partial charge is 0.232 e. The van der Waals surface area contributed by atoms with Crippen LogP contribution in [-0.2, 0) is 9.59 Å². The van der Waals surface area contributed by atoms with E-state index in [1.54, 1.807) is 0 Å². The molecule has 2 unspecified atom stereocenters. The zero-order valence-corrected chi connectivity index (χ0v) is 8.32. The fourth-order valence-electron chi connectivity index (χ4n) is 3.68. The summed E-state index contributed by atoms with van der Waals surface area (Å²) in [4.78, 5) is 23.3. The molecule has 2 atom stereocenters. The van der Waals surface area contributed by atoms with Gasteiger partial charge in [-0.2, -0.15) is 5.26 Å². The number of hydrogen-bond donors (Lipinski definition) is 1. The van der Waals surface area contributed by atoms with Gasteiger partial charge in [0.05, 0.1) is 23.3 Å². The minimum Gasteiger partial charge on any atom is -0.296 e. The van der Waals surface area contributed by atoms with E-state index in [0.29, 0.717) is 5.92 Å². The van der Waals surface area contributed by atoms with Gasteiger partial charge in [-0.05, 0) is 31.6 Å². The van der Waals surface area contributed by atoms with Crippen LogP contribution in [0.2, 0.25) is 0 Å². The van der Waals surface area contributed by atoms with Gasteiger partial charge in [0, 0.05) is 0 Å². The Bertz CT molecular complexity index is 388. The Morgan fingerprint density at radius 2 is 1.93 bits per heavy atom. The SMILES string of the molecule is N#CC12CCC(CC1)C1C(=O)NC(=O)C12. The Kier molecular flexibility index (Phi) is 1.54. The maximum atomic E-state index is 11.7. The lowest BCUT2D eigenvalue weighted by atomic mass is 9.52. The molecule has 1 heterocycles. The zero-order valence-electron chi connectivity index (χ0n) is 8.32. The molecule has 1 aliphatic heterocycles. The monoisotopic (exact) mass is 204 g/mol. The lowest BCUT2D eigenvalue weighted by Gasteiger charge is -2.48. The molecule has 4 rings (SSSR count). The van der Waals surface area contributed by atoms with Crippen molar-refractivity contribution in [1.29, 1.82) is 5.26 Å². The average molecular weight is 204 g/mol. The van der Waals surface area contributed by atoms with Crippen molar-refractivity contribution in [2.75, 3.05) is 0 Å². The van der Waals surface area contributed by atoms with Crippen LogP contribution < -0.4 is 5.32 Å². The number of amides is 2. The number of fused-ring (bicyclic) bond motifs is 2. The zero-order chi connectivity index (χ0) is 10.6. The molecular weight excluding hydrogens is 192 g/mol. The van der Waals surface area contributed by atoms with Crippen LogP contribution >= 0.6 is 0 Å². The Morgan fingerprint density at radius 1 is 1.27 bits per heavy atom. The van der Waals surface area contributed by atoms with Crippen LogP contribution in [0.3, 0.4) is 0 Å². The third-order valence-corrected chi connectivity index (χ3v) is 4.44. The van der Waals surface area contributed by atoms with Crippen LogP contribution in [-0.4, -0.2) is 11.8 Å². The minimum atomic E-state index is -0.546. The van der Waals surface area contributed by atoms with E-state index in [-0.39, 0.29) is 23.7 Å². The molecule has 4 fully saturated rings. The van der Waals surface area contributed by atoms with Gasteiger partial charge in [-0.25, -0.2) is 0 Å². The molecule has 0 aromatic rings. The van der Waals surface area contributed by atoms with Gasteiger partial charge in [-0.3, -0.25) is 14.9 Å². The van der Waals surface area contributed by atoms with E-state index >= 15 is 0 Å². The van der Waals surface area contributed by atoms with Crippen molar-refractivity contribution in [3.63, 3.8) is 0 Å². The van der Waals surface area contributed by atoms with Gasteiger partial charge in [-0.1, -0.05) is 0 Å². The number of nitrogens with one attached hydrogen (secondary N) is 1. The predicted octanol–water partition coefficient (Wildman–Crippen LogP) is 0.589. The standard InChI is InChI=1S/C11H12N2O2/c12-5-11-3-1-6(2-4-11)7-8(11)10(15)13-9(7)14/h6-8H,1-4H2,(H,13,14,15). The van der Waals surface area contributed by atoms with E-state index in [1.165, 1.54) is 0 Å². The summed E-state index contributed by atoms with van der Waals surface area (Å²) in [6.45, 7) is 0. The molecule has 0 spiro atoms. The highest BCUT2D eigenvalue weighted by atomic mass is 16.2. The summed E-state index contributed by atoms with van der Waals surface area (Å²) in [6.07, 6.45) is 3.43. The maximum absolute atomic E-state index is 11.7. The minimum absolute atomic E-state index is 0.144. The van der Waals surface area contributed by atoms with Gasteiger partial charge in [0.1, 0.15) is 0 Å². The highest BCUT2D eigenvalue weighted by Crippen LogP contribution is 2.57. The van der Waals surface area contributed by atoms with Crippen molar-refractivity contribution in [2.45, 2.75) is 25.7 Å². The van der Waals surface area contributed by atoms with E-state index in [2.05, 4.69) is 11.4 Å². The molecule has 3 saturated carbocycles. The Hall–Kier alpha value is -1.37. The predicted molar refractivity (Wildman–Crippen MR) is 50.1 cm³/mol. The van der Waals surface area contributed by atoms with Gasteiger partial charge in [-0.15, -0.1) is 0 Å². The molecule has 15 heavy (non-hydrogen) atoms. The molecule has 1 saturated heterocycles. The van der Waals surface area contributed by atoms with Gasteiger partial charge >= 0.3 is 0 Å². The number of nitrogens with zero attached hydrogens (tertiary/aromatic N) is 1. The summed E-state index contributed by atoms with van der Waals surface area (Å²) in [7, 11) is 0. The molecule has 0 aromatic heterocycles. The van der Waals surface area contributed by atoms with Crippen LogP contribution in [0.15, 0.2) is 0 Å². The summed E-state index contributed by atoms with van der Waals surface area (Å²) in [5, 5.41) is 11.7. The van der Waals surface area contributed by atoms with Crippen molar-refractivity contribution in [3.8, 4) is 6.07 Å². The van der Waals surface area contributed by atoms with Crippen molar-refractivity contribution in [1.82, 2.24) is 5.32 Å². The second-order valence-corrected chi connectivity index (χ2v) is 4.96. The van der Waals surface area contributed by atoms with Crippen molar-refractivity contribution >= 4 is 11.8 Å². The summed E-state index contributed by atoms with van der Waals surface area (Å²) < 4.78 is 0. The third-order valence-electron chi connectivity index (χ3n) is 4.44. The van der Waals surface area contributed by atoms with E-state index < -0.39 is 5.41 Å². The summed E-state index contributed by atoms with van der Waals surface area (Å²) in [5.41, 5.74) is -0.546. The second kappa shape index (κ2) is 2.60. The molecule has 4 nitrogen and oxygen atoms in total. The topological polar surface area (TPSA) is 70.0 Å². The molecule has 2 bridgehead atoms. The lowest BCUT2D eigenvalue weighted by molar-refractivity contribution is -0.133. The third kappa shape index (κ3) is 0.909. The first-order chi connectivity index (χ1) is 7.18. The van der Waals surface area contributed by atoms with Crippen LogP contribution in [0, 0.1) is 34.5 Å². The summed E-state index contributed by atoms with van der Waals surface area (Å²) in [5.74, 6) is -0.594. The number of nitriles is 1. The average Bonchev–Trinajstić information content (AvgIpc) is 2.59. The van der Waals surface area contributed by atoms with Crippen molar-refractivity contribution < 1.29 is 9.59 Å². The first-order valence-electron chi connectivity index (χ1n) is 5.44. The molecule has 0 radical (unpaired) electrons. The molecule has 3 aliphatic carbocycles. The fraction of sp³-hybridized carbons (Fsp3) is 0.727. The first-order valence-corrected chi connectivity index (χ1v) is 5.44. The molecular formula is C11H12N2O2. The molecule has 2 amide bonds. The number of carbonyl (C=O) groups is 2. The summed E-state index contributed by atoms with van der Waals surface area (Å²) >= 11 is 0. The molecule has 4 aliphatic rings. The number of rotatable bonds is 0. The van der Waals surface area contributed by atoms with Gasteiger partial charge in [0.2, 0.25) is 11.8 Å². The van der Waals surface area contributed by atoms with E-state index in [4.69, 9.17) is 0 Å². The lowest BCUT2D eigenvalue weighted by Crippen LogP contribution is -2.49. The van der Waals surface area contributed by atoms with Crippen LogP contribution in [0.4, 0.5) is 0 Å².